The summed E-state index contributed by atoms with van der Waals surface area (Å²) in [5, 5.41) is 9.08. The van der Waals surface area contributed by atoms with Gasteiger partial charge in [-0.3, -0.25) is 0 Å². The Bertz CT molecular complexity index is 260. The summed E-state index contributed by atoms with van der Waals surface area (Å²) in [5.41, 5.74) is 7.03. The van der Waals surface area contributed by atoms with Crippen molar-refractivity contribution >= 4 is 11.8 Å². The average Bonchev–Trinajstić information content (AvgIpc) is 2.21. The highest BCUT2D eigenvalue weighted by Gasteiger charge is 1.99. The first-order valence-corrected chi connectivity index (χ1v) is 5.99. The van der Waals surface area contributed by atoms with E-state index in [1.807, 2.05) is 23.9 Å². The van der Waals surface area contributed by atoms with Crippen LogP contribution in [0.25, 0.3) is 0 Å². The molecule has 3 N–H and O–H groups in total. The lowest BCUT2D eigenvalue weighted by atomic mass is 10.2. The summed E-state index contributed by atoms with van der Waals surface area (Å²) in [6, 6.07) is 7.63. The van der Waals surface area contributed by atoms with E-state index < -0.39 is 0 Å². The third-order valence-electron chi connectivity index (χ3n) is 2.06. The Morgan fingerprint density at radius 3 is 2.57 bits per heavy atom. The zero-order valence-corrected chi connectivity index (χ0v) is 9.26. The molecule has 1 atom stereocenters. The maximum Gasteiger partial charge on any atom is 0.115 e. The van der Waals surface area contributed by atoms with Crippen molar-refractivity contribution in [3.8, 4) is 5.75 Å². The molecular formula is C11H17NOS. The quantitative estimate of drug-likeness (QED) is 0.786. The van der Waals surface area contributed by atoms with Gasteiger partial charge in [-0.25, -0.2) is 0 Å². The third kappa shape index (κ3) is 4.03. The van der Waals surface area contributed by atoms with E-state index >= 15 is 0 Å². The Morgan fingerprint density at radius 1 is 1.36 bits per heavy atom. The van der Waals surface area contributed by atoms with Gasteiger partial charge in [-0.05, 0) is 24.1 Å². The molecule has 14 heavy (non-hydrogen) atoms. The summed E-state index contributed by atoms with van der Waals surface area (Å²) < 4.78 is 0. The van der Waals surface area contributed by atoms with Crippen molar-refractivity contribution in [2.75, 3.05) is 5.75 Å². The van der Waals surface area contributed by atoms with Gasteiger partial charge in [0.05, 0.1) is 0 Å². The Balaban J connectivity index is 2.28. The van der Waals surface area contributed by atoms with Crippen LogP contribution in [0.4, 0.5) is 0 Å². The molecule has 0 aliphatic carbocycles. The molecule has 0 heterocycles. The molecule has 0 aliphatic heterocycles. The van der Waals surface area contributed by atoms with Gasteiger partial charge in [-0.1, -0.05) is 19.1 Å². The average molecular weight is 211 g/mol. The van der Waals surface area contributed by atoms with Crippen molar-refractivity contribution in [3.05, 3.63) is 29.8 Å². The summed E-state index contributed by atoms with van der Waals surface area (Å²) in [5.74, 6) is 2.29. The minimum Gasteiger partial charge on any atom is -0.508 e. The largest absolute Gasteiger partial charge is 0.508 e. The van der Waals surface area contributed by atoms with Crippen LogP contribution in [0.1, 0.15) is 18.9 Å². The number of rotatable bonds is 5. The number of phenolic OH excluding ortho intramolecular Hbond substituents is 1. The van der Waals surface area contributed by atoms with Crippen molar-refractivity contribution < 1.29 is 5.11 Å². The van der Waals surface area contributed by atoms with Crippen molar-refractivity contribution in [1.82, 2.24) is 0 Å². The van der Waals surface area contributed by atoms with Crippen molar-refractivity contribution in [3.63, 3.8) is 0 Å². The fourth-order valence-electron chi connectivity index (χ4n) is 1.04. The van der Waals surface area contributed by atoms with Crippen molar-refractivity contribution in [2.24, 2.45) is 5.73 Å². The molecule has 1 rings (SSSR count). The SMILES string of the molecule is CCC(N)CSCc1ccc(O)cc1. The second-order valence-corrected chi connectivity index (χ2v) is 4.38. The van der Waals surface area contributed by atoms with Crippen LogP contribution in [0.2, 0.25) is 0 Å². The predicted molar refractivity (Wildman–Crippen MR) is 62.5 cm³/mol. The number of hydrogen-bond donors (Lipinski definition) is 2. The monoisotopic (exact) mass is 211 g/mol. The Hall–Kier alpha value is -0.670. The van der Waals surface area contributed by atoms with Crippen LogP contribution >= 0.6 is 11.8 Å². The van der Waals surface area contributed by atoms with E-state index in [4.69, 9.17) is 10.8 Å². The van der Waals surface area contributed by atoms with Crippen molar-refractivity contribution in [1.29, 1.82) is 0 Å². The highest BCUT2D eigenvalue weighted by molar-refractivity contribution is 7.98. The van der Waals surface area contributed by atoms with E-state index in [1.54, 1.807) is 12.1 Å². The molecule has 1 aromatic carbocycles. The van der Waals surface area contributed by atoms with Crippen LogP contribution in [0.3, 0.4) is 0 Å². The molecule has 0 spiro atoms. The third-order valence-corrected chi connectivity index (χ3v) is 3.26. The molecule has 0 amide bonds. The maximum atomic E-state index is 9.08. The fraction of sp³-hybridized carbons (Fsp3) is 0.455. The predicted octanol–water partition coefficient (Wildman–Crippen LogP) is 2.36. The van der Waals surface area contributed by atoms with Gasteiger partial charge in [-0.15, -0.1) is 0 Å². The summed E-state index contributed by atoms with van der Waals surface area (Å²) in [4.78, 5) is 0. The first kappa shape index (κ1) is 11.4. The number of aromatic hydroxyl groups is 1. The zero-order valence-electron chi connectivity index (χ0n) is 8.44. The topological polar surface area (TPSA) is 46.2 Å². The zero-order chi connectivity index (χ0) is 10.4. The molecule has 1 unspecified atom stereocenters. The molecule has 3 heteroatoms. The molecule has 0 aromatic heterocycles. The second kappa shape index (κ2) is 5.94. The van der Waals surface area contributed by atoms with E-state index in [9.17, 15) is 0 Å². The van der Waals surface area contributed by atoms with Gasteiger partial charge in [0.25, 0.3) is 0 Å². The van der Waals surface area contributed by atoms with E-state index in [-0.39, 0.29) is 0 Å². The van der Waals surface area contributed by atoms with Gasteiger partial charge in [0, 0.05) is 17.5 Å². The summed E-state index contributed by atoms with van der Waals surface area (Å²) >= 11 is 1.84. The molecule has 0 saturated heterocycles. The van der Waals surface area contributed by atoms with E-state index in [2.05, 4.69) is 6.92 Å². The first-order valence-electron chi connectivity index (χ1n) is 4.83. The van der Waals surface area contributed by atoms with Crippen LogP contribution in [0.15, 0.2) is 24.3 Å². The van der Waals surface area contributed by atoms with Gasteiger partial charge in [0.15, 0.2) is 0 Å². The number of benzene rings is 1. The Kier molecular flexibility index (Phi) is 4.84. The lowest BCUT2D eigenvalue weighted by molar-refractivity contribution is 0.475. The molecule has 78 valence electrons. The van der Waals surface area contributed by atoms with Gasteiger partial charge in [0.1, 0.15) is 5.75 Å². The number of thioether (sulfide) groups is 1. The number of phenols is 1. The lowest BCUT2D eigenvalue weighted by Gasteiger charge is -2.07. The van der Waals surface area contributed by atoms with Crippen molar-refractivity contribution in [2.45, 2.75) is 25.1 Å². The first-order chi connectivity index (χ1) is 6.72. The van der Waals surface area contributed by atoms with Gasteiger partial charge >= 0.3 is 0 Å². The number of nitrogens with two attached hydrogens (primary N) is 1. The summed E-state index contributed by atoms with van der Waals surface area (Å²) in [7, 11) is 0. The van der Waals surface area contributed by atoms with Gasteiger partial charge in [0.2, 0.25) is 0 Å². The Labute approximate surface area is 89.5 Å². The van der Waals surface area contributed by atoms with E-state index in [0.29, 0.717) is 11.8 Å². The highest BCUT2D eigenvalue weighted by Crippen LogP contribution is 2.16. The molecule has 2 nitrogen and oxygen atoms in total. The number of hydrogen-bond acceptors (Lipinski definition) is 3. The summed E-state index contributed by atoms with van der Waals surface area (Å²) in [6.45, 7) is 2.10. The van der Waals surface area contributed by atoms with Crippen LogP contribution in [-0.4, -0.2) is 16.9 Å². The van der Waals surface area contributed by atoms with Gasteiger partial charge < -0.3 is 10.8 Å². The standard InChI is InChI=1S/C11H17NOS/c1-2-10(12)8-14-7-9-3-5-11(13)6-4-9/h3-6,10,13H,2,7-8,12H2,1H3. The molecule has 0 saturated carbocycles. The van der Waals surface area contributed by atoms with Crippen LogP contribution in [-0.2, 0) is 5.75 Å². The minimum absolute atomic E-state index is 0.303. The van der Waals surface area contributed by atoms with Crippen LogP contribution in [0, 0.1) is 0 Å². The minimum atomic E-state index is 0.303. The molecule has 1 aromatic rings. The molecule has 0 aliphatic rings. The van der Waals surface area contributed by atoms with E-state index in [0.717, 1.165) is 17.9 Å². The van der Waals surface area contributed by atoms with E-state index in [1.165, 1.54) is 5.56 Å². The molecule has 0 fully saturated rings. The highest BCUT2D eigenvalue weighted by atomic mass is 32.2. The normalized spacial score (nSPS) is 12.7. The fourth-order valence-corrected chi connectivity index (χ4v) is 2.12. The lowest BCUT2D eigenvalue weighted by Crippen LogP contribution is -2.21. The van der Waals surface area contributed by atoms with Crippen LogP contribution in [0.5, 0.6) is 5.75 Å². The molecule has 0 radical (unpaired) electrons. The summed E-state index contributed by atoms with van der Waals surface area (Å²) in [6.07, 6.45) is 1.03. The smallest absolute Gasteiger partial charge is 0.115 e. The Morgan fingerprint density at radius 2 is 2.00 bits per heavy atom. The molecular weight excluding hydrogens is 194 g/mol. The maximum absolute atomic E-state index is 9.08. The second-order valence-electron chi connectivity index (χ2n) is 3.35. The van der Waals surface area contributed by atoms with Crippen LogP contribution < -0.4 is 5.73 Å². The van der Waals surface area contributed by atoms with Gasteiger partial charge in [-0.2, -0.15) is 11.8 Å². The molecule has 0 bridgehead atoms.